The molecule has 1 amide bonds. The summed E-state index contributed by atoms with van der Waals surface area (Å²) in [6, 6.07) is 7.75. The Balaban J connectivity index is 2.71. The van der Waals surface area contributed by atoms with Crippen LogP contribution in [0.4, 0.5) is 0 Å². The monoisotopic (exact) mass is 292 g/mol. The summed E-state index contributed by atoms with van der Waals surface area (Å²) in [4.78, 5) is 12.1. The van der Waals surface area contributed by atoms with Crippen LogP contribution in [0.25, 0.3) is 0 Å². The number of carbonyl (C=O) groups is 1. The van der Waals surface area contributed by atoms with Gasteiger partial charge < -0.3 is 15.8 Å². The van der Waals surface area contributed by atoms with Crippen molar-refractivity contribution in [2.75, 3.05) is 6.54 Å². The Labute approximate surface area is 128 Å². The summed E-state index contributed by atoms with van der Waals surface area (Å²) in [6.45, 7) is 8.56. The highest BCUT2D eigenvalue weighted by atomic mass is 16.5. The van der Waals surface area contributed by atoms with Gasteiger partial charge in [-0.2, -0.15) is 0 Å². The number of nitrogens with two attached hydrogens (primary N) is 1. The number of ether oxygens (including phenoxy) is 1. The van der Waals surface area contributed by atoms with E-state index in [1.54, 1.807) is 0 Å². The van der Waals surface area contributed by atoms with Crippen molar-refractivity contribution in [2.24, 2.45) is 11.7 Å². The summed E-state index contributed by atoms with van der Waals surface area (Å²) < 4.78 is 5.80. The van der Waals surface area contributed by atoms with Crippen molar-refractivity contribution >= 4 is 5.91 Å². The van der Waals surface area contributed by atoms with Crippen molar-refractivity contribution in [2.45, 2.75) is 52.7 Å². The predicted octanol–water partition coefficient (Wildman–Crippen LogP) is 3.03. The molecule has 1 aromatic carbocycles. The summed E-state index contributed by atoms with van der Waals surface area (Å²) in [5, 5.41) is 3.03. The zero-order valence-corrected chi connectivity index (χ0v) is 13.6. The van der Waals surface area contributed by atoms with Gasteiger partial charge in [0.2, 0.25) is 5.91 Å². The third kappa shape index (κ3) is 5.76. The molecule has 0 saturated carbocycles. The molecule has 0 spiro atoms. The van der Waals surface area contributed by atoms with Crippen LogP contribution in [0.1, 0.15) is 52.1 Å². The van der Waals surface area contributed by atoms with Gasteiger partial charge in [0.1, 0.15) is 5.75 Å². The first-order valence-corrected chi connectivity index (χ1v) is 7.72. The number of para-hydroxylation sites is 1. The van der Waals surface area contributed by atoms with Crippen molar-refractivity contribution in [1.82, 2.24) is 5.32 Å². The SMILES string of the molecule is CCC(CN)CC(=O)NC(C)c1ccccc1OC(C)C. The van der Waals surface area contributed by atoms with Crippen LogP contribution in [0.5, 0.6) is 5.75 Å². The Bertz CT molecular complexity index is 442. The van der Waals surface area contributed by atoms with Crippen molar-refractivity contribution in [1.29, 1.82) is 0 Å². The van der Waals surface area contributed by atoms with Crippen molar-refractivity contribution in [3.8, 4) is 5.75 Å². The second-order valence-electron chi connectivity index (χ2n) is 5.71. The number of hydrogen-bond donors (Lipinski definition) is 2. The molecule has 4 heteroatoms. The lowest BCUT2D eigenvalue weighted by atomic mass is 10.0. The molecule has 0 fully saturated rings. The third-order valence-corrected chi connectivity index (χ3v) is 3.51. The number of rotatable bonds is 8. The van der Waals surface area contributed by atoms with Gasteiger partial charge in [0.25, 0.3) is 0 Å². The fourth-order valence-electron chi connectivity index (χ4n) is 2.23. The topological polar surface area (TPSA) is 64.4 Å². The van der Waals surface area contributed by atoms with Gasteiger partial charge in [0.15, 0.2) is 0 Å². The zero-order valence-electron chi connectivity index (χ0n) is 13.6. The number of amides is 1. The molecule has 0 saturated heterocycles. The Morgan fingerprint density at radius 3 is 2.52 bits per heavy atom. The molecule has 2 atom stereocenters. The molecule has 1 aromatic rings. The van der Waals surface area contributed by atoms with Crippen molar-refractivity contribution in [3.63, 3.8) is 0 Å². The van der Waals surface area contributed by atoms with Crippen LogP contribution in [-0.2, 0) is 4.79 Å². The van der Waals surface area contributed by atoms with Crippen LogP contribution in [-0.4, -0.2) is 18.6 Å². The van der Waals surface area contributed by atoms with Gasteiger partial charge in [-0.25, -0.2) is 0 Å². The molecule has 118 valence electrons. The largest absolute Gasteiger partial charge is 0.491 e. The zero-order chi connectivity index (χ0) is 15.8. The first kappa shape index (κ1) is 17.5. The first-order valence-electron chi connectivity index (χ1n) is 7.72. The van der Waals surface area contributed by atoms with E-state index >= 15 is 0 Å². The molecule has 0 aliphatic carbocycles. The van der Waals surface area contributed by atoms with E-state index in [0.717, 1.165) is 17.7 Å². The van der Waals surface area contributed by atoms with Gasteiger partial charge in [-0.05, 0) is 39.3 Å². The van der Waals surface area contributed by atoms with Gasteiger partial charge in [0, 0.05) is 12.0 Å². The molecule has 0 bridgehead atoms. The Kier molecular flexibility index (Phi) is 7.23. The molecule has 0 aromatic heterocycles. The molecular formula is C17H28N2O2. The minimum Gasteiger partial charge on any atom is -0.491 e. The Morgan fingerprint density at radius 2 is 1.95 bits per heavy atom. The Hall–Kier alpha value is -1.55. The summed E-state index contributed by atoms with van der Waals surface area (Å²) in [6.07, 6.45) is 1.51. The first-order chi connectivity index (χ1) is 9.97. The average molecular weight is 292 g/mol. The maximum Gasteiger partial charge on any atom is 0.220 e. The molecule has 0 heterocycles. The molecule has 3 N–H and O–H groups in total. The van der Waals surface area contributed by atoms with Crippen LogP contribution >= 0.6 is 0 Å². The van der Waals surface area contributed by atoms with E-state index in [2.05, 4.69) is 12.2 Å². The smallest absolute Gasteiger partial charge is 0.220 e. The number of nitrogens with one attached hydrogen (secondary N) is 1. The average Bonchev–Trinajstić information content (AvgIpc) is 2.44. The third-order valence-electron chi connectivity index (χ3n) is 3.51. The molecular weight excluding hydrogens is 264 g/mol. The summed E-state index contributed by atoms with van der Waals surface area (Å²) >= 11 is 0. The highest BCUT2D eigenvalue weighted by Crippen LogP contribution is 2.26. The lowest BCUT2D eigenvalue weighted by Gasteiger charge is -2.21. The summed E-state index contributed by atoms with van der Waals surface area (Å²) in [5.41, 5.74) is 6.65. The second kappa shape index (κ2) is 8.67. The van der Waals surface area contributed by atoms with Crippen molar-refractivity contribution < 1.29 is 9.53 Å². The normalized spacial score (nSPS) is 13.8. The van der Waals surface area contributed by atoms with E-state index in [1.807, 2.05) is 45.0 Å². The molecule has 4 nitrogen and oxygen atoms in total. The van der Waals surface area contributed by atoms with E-state index < -0.39 is 0 Å². The maximum absolute atomic E-state index is 12.1. The fourth-order valence-corrected chi connectivity index (χ4v) is 2.23. The van der Waals surface area contributed by atoms with Gasteiger partial charge in [-0.15, -0.1) is 0 Å². The van der Waals surface area contributed by atoms with Crippen LogP contribution in [0.3, 0.4) is 0 Å². The molecule has 0 aliphatic heterocycles. The van der Waals surface area contributed by atoms with Crippen LogP contribution in [0, 0.1) is 5.92 Å². The minimum absolute atomic E-state index is 0.0409. The van der Waals surface area contributed by atoms with Crippen LogP contribution in [0.2, 0.25) is 0 Å². The van der Waals surface area contributed by atoms with Crippen molar-refractivity contribution in [3.05, 3.63) is 29.8 Å². The summed E-state index contributed by atoms with van der Waals surface area (Å²) in [5.74, 6) is 1.12. The van der Waals surface area contributed by atoms with Crippen LogP contribution < -0.4 is 15.8 Å². The Morgan fingerprint density at radius 1 is 1.29 bits per heavy atom. The number of carbonyl (C=O) groups excluding carboxylic acids is 1. The van der Waals surface area contributed by atoms with E-state index in [9.17, 15) is 4.79 Å². The van der Waals surface area contributed by atoms with Gasteiger partial charge >= 0.3 is 0 Å². The van der Waals surface area contributed by atoms with Gasteiger partial charge in [-0.3, -0.25) is 4.79 Å². The highest BCUT2D eigenvalue weighted by molar-refractivity contribution is 5.76. The second-order valence-corrected chi connectivity index (χ2v) is 5.71. The summed E-state index contributed by atoms with van der Waals surface area (Å²) in [7, 11) is 0. The van der Waals surface area contributed by atoms with Gasteiger partial charge in [0.05, 0.1) is 12.1 Å². The van der Waals surface area contributed by atoms with E-state index in [1.165, 1.54) is 0 Å². The fraction of sp³-hybridized carbons (Fsp3) is 0.588. The predicted molar refractivity (Wildman–Crippen MR) is 86.2 cm³/mol. The van der Waals surface area contributed by atoms with E-state index in [4.69, 9.17) is 10.5 Å². The van der Waals surface area contributed by atoms with Crippen LogP contribution in [0.15, 0.2) is 24.3 Å². The quantitative estimate of drug-likeness (QED) is 0.774. The van der Waals surface area contributed by atoms with E-state index in [-0.39, 0.29) is 24.0 Å². The molecule has 2 unspecified atom stereocenters. The van der Waals surface area contributed by atoms with E-state index in [0.29, 0.717) is 13.0 Å². The minimum atomic E-state index is -0.0808. The standard InChI is InChI=1S/C17H28N2O2/c1-5-14(11-18)10-17(20)19-13(4)15-8-6-7-9-16(15)21-12(2)3/h6-9,12-14H,5,10-11,18H2,1-4H3,(H,19,20). The highest BCUT2D eigenvalue weighted by Gasteiger charge is 2.16. The number of benzene rings is 1. The maximum atomic E-state index is 12.1. The molecule has 0 aliphatic rings. The lowest BCUT2D eigenvalue weighted by molar-refractivity contribution is -0.122. The molecule has 0 radical (unpaired) electrons. The lowest BCUT2D eigenvalue weighted by Crippen LogP contribution is -2.30. The molecule has 1 rings (SSSR count). The number of hydrogen-bond acceptors (Lipinski definition) is 3. The molecule has 21 heavy (non-hydrogen) atoms. The van der Waals surface area contributed by atoms with Gasteiger partial charge in [-0.1, -0.05) is 31.5 Å².